The number of hydrogen-bond donors (Lipinski definition) is 1. The van der Waals surface area contributed by atoms with E-state index in [-0.39, 0.29) is 17.9 Å². The minimum absolute atomic E-state index is 0.0292. The SMILES string of the molecule is C=C(C)CCOC(=O)c1ccc2ccccc2c1O. The average molecular weight is 256 g/mol. The van der Waals surface area contributed by atoms with Gasteiger partial charge in [0.2, 0.25) is 0 Å². The molecule has 19 heavy (non-hydrogen) atoms. The highest BCUT2D eigenvalue weighted by Gasteiger charge is 2.14. The van der Waals surface area contributed by atoms with Gasteiger partial charge in [0.1, 0.15) is 11.3 Å². The van der Waals surface area contributed by atoms with Crippen molar-refractivity contribution in [1.82, 2.24) is 0 Å². The Morgan fingerprint density at radius 2 is 2.00 bits per heavy atom. The number of fused-ring (bicyclic) bond motifs is 1. The van der Waals surface area contributed by atoms with E-state index in [2.05, 4.69) is 6.58 Å². The van der Waals surface area contributed by atoms with Crippen molar-refractivity contribution in [3.05, 3.63) is 54.1 Å². The molecule has 0 radical (unpaired) electrons. The van der Waals surface area contributed by atoms with Crippen LogP contribution in [0.3, 0.4) is 0 Å². The lowest BCUT2D eigenvalue weighted by Gasteiger charge is -2.08. The number of phenolic OH excluding ortho intramolecular Hbond substituents is 1. The van der Waals surface area contributed by atoms with E-state index in [9.17, 15) is 9.90 Å². The van der Waals surface area contributed by atoms with Gasteiger partial charge in [0.15, 0.2) is 0 Å². The number of hydrogen-bond acceptors (Lipinski definition) is 3. The largest absolute Gasteiger partial charge is 0.506 e. The summed E-state index contributed by atoms with van der Waals surface area (Å²) in [6, 6.07) is 10.7. The Kier molecular flexibility index (Phi) is 3.85. The molecule has 2 aromatic carbocycles. The fraction of sp³-hybridized carbons (Fsp3) is 0.188. The number of aromatic hydroxyl groups is 1. The van der Waals surface area contributed by atoms with Crippen LogP contribution in [0, 0.1) is 0 Å². The molecular weight excluding hydrogens is 240 g/mol. The number of carbonyl (C=O) groups excluding carboxylic acids is 1. The normalized spacial score (nSPS) is 10.4. The highest BCUT2D eigenvalue weighted by molar-refractivity contribution is 6.01. The maximum absolute atomic E-state index is 11.9. The van der Waals surface area contributed by atoms with Crippen LogP contribution >= 0.6 is 0 Å². The van der Waals surface area contributed by atoms with Gasteiger partial charge < -0.3 is 9.84 Å². The van der Waals surface area contributed by atoms with Crippen LogP contribution < -0.4 is 0 Å². The summed E-state index contributed by atoms with van der Waals surface area (Å²) in [6.45, 7) is 5.90. The molecule has 0 fully saturated rings. The number of ether oxygens (including phenoxy) is 1. The van der Waals surface area contributed by atoms with Gasteiger partial charge in [-0.1, -0.05) is 35.9 Å². The quantitative estimate of drug-likeness (QED) is 0.670. The molecule has 3 heteroatoms. The first-order chi connectivity index (χ1) is 9.09. The lowest BCUT2D eigenvalue weighted by molar-refractivity contribution is 0.0506. The van der Waals surface area contributed by atoms with Gasteiger partial charge in [0.25, 0.3) is 0 Å². The van der Waals surface area contributed by atoms with Crippen molar-refractivity contribution < 1.29 is 14.6 Å². The predicted octanol–water partition coefficient (Wildman–Crippen LogP) is 3.67. The van der Waals surface area contributed by atoms with Crippen LogP contribution in [0.4, 0.5) is 0 Å². The van der Waals surface area contributed by atoms with Gasteiger partial charge in [0.05, 0.1) is 6.61 Å². The lowest BCUT2D eigenvalue weighted by Crippen LogP contribution is -2.07. The van der Waals surface area contributed by atoms with Crippen molar-refractivity contribution in [3.63, 3.8) is 0 Å². The Morgan fingerprint density at radius 3 is 2.74 bits per heavy atom. The van der Waals surface area contributed by atoms with Gasteiger partial charge in [-0.2, -0.15) is 0 Å². The first-order valence-corrected chi connectivity index (χ1v) is 6.12. The van der Waals surface area contributed by atoms with E-state index in [1.807, 2.05) is 25.1 Å². The number of rotatable bonds is 4. The Morgan fingerprint density at radius 1 is 1.26 bits per heavy atom. The van der Waals surface area contributed by atoms with Crippen LogP contribution in [0.1, 0.15) is 23.7 Å². The molecule has 0 unspecified atom stereocenters. The smallest absolute Gasteiger partial charge is 0.341 e. The van der Waals surface area contributed by atoms with E-state index in [0.717, 1.165) is 11.0 Å². The third-order valence-electron chi connectivity index (χ3n) is 2.88. The summed E-state index contributed by atoms with van der Waals surface area (Å²) < 4.78 is 5.11. The maximum Gasteiger partial charge on any atom is 0.341 e. The second-order valence-corrected chi connectivity index (χ2v) is 4.53. The summed E-state index contributed by atoms with van der Waals surface area (Å²) in [5.74, 6) is -0.539. The molecule has 0 saturated heterocycles. The summed E-state index contributed by atoms with van der Waals surface area (Å²) in [7, 11) is 0. The van der Waals surface area contributed by atoms with Crippen LogP contribution in [0.2, 0.25) is 0 Å². The molecule has 0 bridgehead atoms. The van der Waals surface area contributed by atoms with Crippen molar-refractivity contribution in [2.24, 2.45) is 0 Å². The van der Waals surface area contributed by atoms with Gasteiger partial charge in [-0.25, -0.2) is 4.79 Å². The van der Waals surface area contributed by atoms with Crippen molar-refractivity contribution in [2.45, 2.75) is 13.3 Å². The standard InChI is InChI=1S/C16H16O3/c1-11(2)9-10-19-16(18)14-8-7-12-5-3-4-6-13(12)15(14)17/h3-8,17H,1,9-10H2,2H3. The fourth-order valence-electron chi connectivity index (χ4n) is 1.82. The molecular formula is C16H16O3. The van der Waals surface area contributed by atoms with Crippen LogP contribution in [-0.2, 0) is 4.74 Å². The Hall–Kier alpha value is -2.29. The van der Waals surface area contributed by atoms with E-state index in [4.69, 9.17) is 4.74 Å². The van der Waals surface area contributed by atoms with Gasteiger partial charge in [-0.3, -0.25) is 0 Å². The Bertz CT molecular complexity index is 629. The van der Waals surface area contributed by atoms with E-state index in [0.29, 0.717) is 11.8 Å². The molecule has 0 atom stereocenters. The molecule has 1 N–H and O–H groups in total. The van der Waals surface area contributed by atoms with Gasteiger partial charge in [-0.05, 0) is 18.4 Å². The van der Waals surface area contributed by atoms with Crippen LogP contribution in [0.5, 0.6) is 5.75 Å². The van der Waals surface area contributed by atoms with Gasteiger partial charge in [0, 0.05) is 11.8 Å². The summed E-state index contributed by atoms with van der Waals surface area (Å²) in [4.78, 5) is 11.9. The minimum atomic E-state index is -0.510. The second kappa shape index (κ2) is 5.57. The molecule has 0 saturated carbocycles. The topological polar surface area (TPSA) is 46.5 Å². The third kappa shape index (κ3) is 2.94. The number of carbonyl (C=O) groups is 1. The summed E-state index contributed by atoms with van der Waals surface area (Å²) in [5.41, 5.74) is 1.15. The summed E-state index contributed by atoms with van der Waals surface area (Å²) >= 11 is 0. The molecule has 2 rings (SSSR count). The molecule has 0 amide bonds. The van der Waals surface area contributed by atoms with Crippen LogP contribution in [0.15, 0.2) is 48.6 Å². The first-order valence-electron chi connectivity index (χ1n) is 6.12. The number of benzene rings is 2. The zero-order valence-electron chi connectivity index (χ0n) is 10.8. The Balaban J connectivity index is 2.22. The molecule has 0 aliphatic rings. The van der Waals surface area contributed by atoms with E-state index >= 15 is 0 Å². The maximum atomic E-state index is 11.9. The molecule has 98 valence electrons. The van der Waals surface area contributed by atoms with Crippen molar-refractivity contribution in [3.8, 4) is 5.75 Å². The molecule has 0 spiro atoms. The van der Waals surface area contributed by atoms with E-state index in [1.54, 1.807) is 18.2 Å². The van der Waals surface area contributed by atoms with E-state index in [1.165, 1.54) is 0 Å². The highest BCUT2D eigenvalue weighted by Crippen LogP contribution is 2.28. The molecule has 2 aromatic rings. The average Bonchev–Trinajstić information content (AvgIpc) is 2.39. The number of esters is 1. The molecule has 0 aliphatic heterocycles. The fourth-order valence-corrected chi connectivity index (χ4v) is 1.82. The van der Waals surface area contributed by atoms with Crippen LogP contribution in [0.25, 0.3) is 10.8 Å². The minimum Gasteiger partial charge on any atom is -0.506 e. The third-order valence-corrected chi connectivity index (χ3v) is 2.88. The summed E-state index contributed by atoms with van der Waals surface area (Å²) in [5, 5.41) is 11.6. The molecule has 0 heterocycles. The van der Waals surface area contributed by atoms with Crippen molar-refractivity contribution in [2.75, 3.05) is 6.61 Å². The second-order valence-electron chi connectivity index (χ2n) is 4.53. The number of phenols is 1. The molecule has 0 aliphatic carbocycles. The summed E-state index contributed by atoms with van der Waals surface area (Å²) in [6.07, 6.45) is 0.625. The van der Waals surface area contributed by atoms with Crippen molar-refractivity contribution in [1.29, 1.82) is 0 Å². The molecule has 0 aromatic heterocycles. The van der Waals surface area contributed by atoms with E-state index < -0.39 is 5.97 Å². The Labute approximate surface area is 112 Å². The lowest BCUT2D eigenvalue weighted by atomic mass is 10.1. The predicted molar refractivity (Wildman–Crippen MR) is 75.3 cm³/mol. The van der Waals surface area contributed by atoms with Gasteiger partial charge in [-0.15, -0.1) is 6.58 Å². The monoisotopic (exact) mass is 256 g/mol. The van der Waals surface area contributed by atoms with Crippen molar-refractivity contribution >= 4 is 16.7 Å². The molecule has 3 nitrogen and oxygen atoms in total. The highest BCUT2D eigenvalue weighted by atomic mass is 16.5. The van der Waals surface area contributed by atoms with Gasteiger partial charge >= 0.3 is 5.97 Å². The van der Waals surface area contributed by atoms with Crippen LogP contribution in [-0.4, -0.2) is 17.7 Å². The first kappa shape index (κ1) is 13.1. The zero-order valence-corrected chi connectivity index (χ0v) is 10.8. The zero-order chi connectivity index (χ0) is 13.8.